The van der Waals surface area contributed by atoms with E-state index in [1.165, 1.54) is 114 Å². The average Bonchev–Trinajstić information content (AvgIpc) is 2.87. The Hall–Kier alpha value is -1.96. The van der Waals surface area contributed by atoms with Crippen molar-refractivity contribution in [3.8, 4) is 11.5 Å². The summed E-state index contributed by atoms with van der Waals surface area (Å²) in [5.74, 6) is 1.11. The lowest BCUT2D eigenvalue weighted by atomic mass is 9.83. The highest BCUT2D eigenvalue weighted by molar-refractivity contribution is 5.49. The van der Waals surface area contributed by atoms with E-state index in [1.54, 1.807) is 0 Å². The van der Waals surface area contributed by atoms with Crippen LogP contribution in [-0.4, -0.2) is 10.2 Å². The first-order valence-electron chi connectivity index (χ1n) is 15.4. The van der Waals surface area contributed by atoms with Gasteiger partial charge in [-0.15, -0.1) is 0 Å². The van der Waals surface area contributed by atoms with Crippen LogP contribution < -0.4 is 0 Å². The molecule has 0 aromatic heterocycles. The van der Waals surface area contributed by atoms with Gasteiger partial charge < -0.3 is 10.2 Å². The van der Waals surface area contributed by atoms with Crippen molar-refractivity contribution in [3.63, 3.8) is 0 Å². The largest absolute Gasteiger partial charge is 0.507 e. The lowest BCUT2D eigenvalue weighted by Crippen LogP contribution is -2.04. The molecule has 2 nitrogen and oxygen atoms in total. The molecule has 2 heteroatoms. The van der Waals surface area contributed by atoms with Gasteiger partial charge in [0, 0.05) is 5.92 Å². The summed E-state index contributed by atoms with van der Waals surface area (Å²) in [5, 5.41) is 20.6. The zero-order chi connectivity index (χ0) is 27.0. The Kier molecular flexibility index (Phi) is 14.8. The van der Waals surface area contributed by atoms with Gasteiger partial charge in [0.2, 0.25) is 0 Å². The molecule has 0 unspecified atom stereocenters. The standard InChI is InChI=1S/C35H56O2/c1-6-7-8-9-10-11-12-13-14-15-16-17-18-19-20-21-22-33(31-23-27(2)34(36)28(3)24-31)32-25-29(4)35(37)30(5)26-32/h23-26,33,36-37H,6-22H2,1-5H3. The van der Waals surface area contributed by atoms with Gasteiger partial charge in [-0.3, -0.25) is 0 Å². The van der Waals surface area contributed by atoms with E-state index in [9.17, 15) is 10.2 Å². The van der Waals surface area contributed by atoms with Gasteiger partial charge >= 0.3 is 0 Å². The van der Waals surface area contributed by atoms with Gasteiger partial charge in [0.25, 0.3) is 0 Å². The maximum Gasteiger partial charge on any atom is 0.121 e. The van der Waals surface area contributed by atoms with Crippen LogP contribution in [0.5, 0.6) is 11.5 Å². The molecule has 0 saturated carbocycles. The first-order chi connectivity index (χ1) is 17.8. The quantitative estimate of drug-likeness (QED) is 0.185. The maximum atomic E-state index is 10.3. The summed E-state index contributed by atoms with van der Waals surface area (Å²) in [6.07, 6.45) is 23.3. The second-order valence-electron chi connectivity index (χ2n) is 11.7. The van der Waals surface area contributed by atoms with E-state index < -0.39 is 0 Å². The molecule has 0 aliphatic heterocycles. The second-order valence-corrected chi connectivity index (χ2v) is 11.7. The molecule has 2 aromatic carbocycles. The third kappa shape index (κ3) is 11.1. The topological polar surface area (TPSA) is 40.5 Å². The third-order valence-corrected chi connectivity index (χ3v) is 8.18. The Morgan fingerprint density at radius 2 is 0.730 bits per heavy atom. The summed E-state index contributed by atoms with van der Waals surface area (Å²) in [6, 6.07) is 8.60. The minimum absolute atomic E-state index is 0.294. The highest BCUT2D eigenvalue weighted by Crippen LogP contribution is 2.37. The van der Waals surface area contributed by atoms with E-state index in [-0.39, 0.29) is 0 Å². The Morgan fingerprint density at radius 3 is 1.03 bits per heavy atom. The predicted octanol–water partition coefficient (Wildman–Crippen LogP) is 11.1. The molecular formula is C35H56O2. The van der Waals surface area contributed by atoms with E-state index in [0.29, 0.717) is 17.4 Å². The number of hydrogen-bond donors (Lipinski definition) is 2. The lowest BCUT2D eigenvalue weighted by Gasteiger charge is -2.21. The fraction of sp³-hybridized carbons (Fsp3) is 0.657. The number of hydrogen-bond acceptors (Lipinski definition) is 2. The van der Waals surface area contributed by atoms with Crippen LogP contribution in [0.25, 0.3) is 0 Å². The molecule has 0 aliphatic rings. The minimum atomic E-state index is 0.294. The summed E-state index contributed by atoms with van der Waals surface area (Å²) >= 11 is 0. The van der Waals surface area contributed by atoms with E-state index >= 15 is 0 Å². The van der Waals surface area contributed by atoms with Gasteiger partial charge in [-0.2, -0.15) is 0 Å². The van der Waals surface area contributed by atoms with Crippen molar-refractivity contribution in [3.05, 3.63) is 57.6 Å². The summed E-state index contributed by atoms with van der Waals surface area (Å²) in [4.78, 5) is 0. The molecule has 0 heterocycles. The Balaban J connectivity index is 1.72. The highest BCUT2D eigenvalue weighted by Gasteiger charge is 2.18. The molecule has 0 atom stereocenters. The molecule has 2 N–H and O–H groups in total. The van der Waals surface area contributed by atoms with E-state index in [4.69, 9.17) is 0 Å². The fourth-order valence-corrected chi connectivity index (χ4v) is 5.80. The molecule has 0 bridgehead atoms. The van der Waals surface area contributed by atoms with Crippen LogP contribution in [0.4, 0.5) is 0 Å². The van der Waals surface area contributed by atoms with Crippen LogP contribution in [0.3, 0.4) is 0 Å². The highest BCUT2D eigenvalue weighted by atomic mass is 16.3. The lowest BCUT2D eigenvalue weighted by molar-refractivity contribution is 0.465. The molecule has 2 rings (SSSR count). The van der Waals surface area contributed by atoms with Gasteiger partial charge in [0.15, 0.2) is 0 Å². The number of phenols is 2. The zero-order valence-electron chi connectivity index (χ0n) is 24.8. The van der Waals surface area contributed by atoms with Gasteiger partial charge in [-0.05, 0) is 67.5 Å². The number of phenolic OH excluding ortho intramolecular Hbond substituents is 2. The zero-order valence-corrected chi connectivity index (χ0v) is 24.8. The fourth-order valence-electron chi connectivity index (χ4n) is 5.80. The van der Waals surface area contributed by atoms with Crippen molar-refractivity contribution in [2.24, 2.45) is 0 Å². The van der Waals surface area contributed by atoms with Gasteiger partial charge in [-0.1, -0.05) is 134 Å². The van der Waals surface area contributed by atoms with Crippen molar-refractivity contribution < 1.29 is 10.2 Å². The molecule has 0 saturated heterocycles. The number of benzene rings is 2. The van der Waals surface area contributed by atoms with Crippen molar-refractivity contribution in [2.75, 3.05) is 0 Å². The van der Waals surface area contributed by atoms with Crippen molar-refractivity contribution >= 4 is 0 Å². The molecule has 37 heavy (non-hydrogen) atoms. The number of rotatable bonds is 19. The van der Waals surface area contributed by atoms with Crippen molar-refractivity contribution in [1.29, 1.82) is 0 Å². The van der Waals surface area contributed by atoms with Crippen molar-refractivity contribution in [1.82, 2.24) is 0 Å². The summed E-state index contributed by atoms with van der Waals surface area (Å²) < 4.78 is 0. The normalized spacial score (nSPS) is 11.5. The van der Waals surface area contributed by atoms with Gasteiger partial charge in [-0.25, -0.2) is 0 Å². The number of aryl methyl sites for hydroxylation is 4. The van der Waals surface area contributed by atoms with Crippen LogP contribution in [0, 0.1) is 27.7 Å². The first kappa shape index (κ1) is 31.3. The summed E-state index contributed by atoms with van der Waals surface area (Å²) in [7, 11) is 0. The maximum absolute atomic E-state index is 10.3. The van der Waals surface area contributed by atoms with Crippen LogP contribution in [0.15, 0.2) is 24.3 Å². The molecule has 0 fully saturated rings. The molecule has 0 aliphatic carbocycles. The Labute approximate surface area is 228 Å². The molecule has 0 amide bonds. The van der Waals surface area contributed by atoms with Crippen LogP contribution in [0.2, 0.25) is 0 Å². The number of unbranched alkanes of at least 4 members (excludes halogenated alkanes) is 15. The smallest absolute Gasteiger partial charge is 0.121 e. The Morgan fingerprint density at radius 1 is 0.459 bits per heavy atom. The molecule has 208 valence electrons. The van der Waals surface area contributed by atoms with E-state index in [1.807, 2.05) is 27.7 Å². The van der Waals surface area contributed by atoms with Gasteiger partial charge in [0.1, 0.15) is 11.5 Å². The average molecular weight is 509 g/mol. The minimum Gasteiger partial charge on any atom is -0.507 e. The van der Waals surface area contributed by atoms with Crippen LogP contribution >= 0.6 is 0 Å². The molecule has 2 aromatic rings. The number of aromatic hydroxyl groups is 2. The summed E-state index contributed by atoms with van der Waals surface area (Å²) in [6.45, 7) is 10.3. The van der Waals surface area contributed by atoms with Gasteiger partial charge in [0.05, 0.1) is 0 Å². The van der Waals surface area contributed by atoms with E-state index in [2.05, 4.69) is 31.2 Å². The monoisotopic (exact) mass is 508 g/mol. The Bertz CT molecular complexity index is 810. The van der Waals surface area contributed by atoms with E-state index in [0.717, 1.165) is 28.7 Å². The SMILES string of the molecule is CCCCCCCCCCCCCCCCCCC(c1cc(C)c(O)c(C)c1)c1cc(C)c(O)c(C)c1. The van der Waals surface area contributed by atoms with Crippen LogP contribution in [-0.2, 0) is 0 Å². The van der Waals surface area contributed by atoms with Crippen molar-refractivity contribution in [2.45, 2.75) is 150 Å². The van der Waals surface area contributed by atoms with Crippen LogP contribution in [0.1, 0.15) is 155 Å². The summed E-state index contributed by atoms with van der Waals surface area (Å²) in [5.41, 5.74) is 6.33. The second kappa shape index (κ2) is 17.5. The predicted molar refractivity (Wildman–Crippen MR) is 161 cm³/mol. The molecule has 0 radical (unpaired) electrons. The third-order valence-electron chi connectivity index (χ3n) is 8.18. The molecule has 0 spiro atoms. The molecular weight excluding hydrogens is 452 g/mol. The first-order valence-corrected chi connectivity index (χ1v) is 15.4.